The Balaban J connectivity index is 2.44. The molecule has 6 nitrogen and oxygen atoms in total. The van der Waals surface area contributed by atoms with E-state index in [0.717, 1.165) is 17.7 Å². The maximum atomic E-state index is 11.6. The van der Waals surface area contributed by atoms with Crippen molar-refractivity contribution < 1.29 is 14.3 Å². The summed E-state index contributed by atoms with van der Waals surface area (Å²) >= 11 is 0. The summed E-state index contributed by atoms with van der Waals surface area (Å²) in [4.78, 5) is 23.8. The van der Waals surface area contributed by atoms with Crippen LogP contribution in [0.4, 0.5) is 4.79 Å². The van der Waals surface area contributed by atoms with Gasteiger partial charge in [-0.25, -0.2) is 4.79 Å². The minimum atomic E-state index is -0.431. The number of urea groups is 1. The van der Waals surface area contributed by atoms with E-state index in [-0.39, 0.29) is 25.2 Å². The third kappa shape index (κ3) is 3.49. The van der Waals surface area contributed by atoms with Gasteiger partial charge in [-0.05, 0) is 12.8 Å². The molecule has 1 aliphatic heterocycles. The van der Waals surface area contributed by atoms with Crippen molar-refractivity contribution in [3.05, 3.63) is 0 Å². The molecule has 0 aliphatic carbocycles. The SMILES string of the molecule is CC(=O)N(CCN)C(=O)NC1CCCO1. The van der Waals surface area contributed by atoms with Gasteiger partial charge in [-0.2, -0.15) is 0 Å². The molecule has 0 aromatic rings. The standard InChI is InChI=1S/C9H17N3O3/c1-7(13)12(5-4-10)9(14)11-8-3-2-6-15-8/h8H,2-6,10H2,1H3,(H,11,14). The summed E-state index contributed by atoms with van der Waals surface area (Å²) in [5, 5.41) is 2.63. The van der Waals surface area contributed by atoms with Crippen molar-refractivity contribution in [1.29, 1.82) is 0 Å². The first-order chi connectivity index (χ1) is 7.15. The molecule has 1 aliphatic rings. The smallest absolute Gasteiger partial charge is 0.326 e. The van der Waals surface area contributed by atoms with Crippen LogP contribution in [-0.2, 0) is 9.53 Å². The number of nitrogens with one attached hydrogen (secondary N) is 1. The predicted octanol–water partition coefficient (Wildman–Crippen LogP) is -0.360. The highest BCUT2D eigenvalue weighted by Gasteiger charge is 2.22. The lowest BCUT2D eigenvalue weighted by atomic mass is 10.3. The number of hydrogen-bond donors (Lipinski definition) is 2. The van der Waals surface area contributed by atoms with E-state index in [1.54, 1.807) is 0 Å². The lowest BCUT2D eigenvalue weighted by Crippen LogP contribution is -2.48. The van der Waals surface area contributed by atoms with Crippen LogP contribution in [0, 0.1) is 0 Å². The van der Waals surface area contributed by atoms with Crippen molar-refractivity contribution in [2.45, 2.75) is 26.0 Å². The zero-order valence-electron chi connectivity index (χ0n) is 8.86. The largest absolute Gasteiger partial charge is 0.358 e. The average molecular weight is 215 g/mol. The van der Waals surface area contributed by atoms with Gasteiger partial charge >= 0.3 is 6.03 Å². The second kappa shape index (κ2) is 5.67. The van der Waals surface area contributed by atoms with Crippen molar-refractivity contribution in [3.63, 3.8) is 0 Å². The molecule has 6 heteroatoms. The summed E-state index contributed by atoms with van der Waals surface area (Å²) in [7, 11) is 0. The number of amides is 3. The number of rotatable bonds is 3. The summed E-state index contributed by atoms with van der Waals surface area (Å²) < 4.78 is 5.23. The van der Waals surface area contributed by atoms with Crippen molar-refractivity contribution in [1.82, 2.24) is 10.2 Å². The molecule has 15 heavy (non-hydrogen) atoms. The van der Waals surface area contributed by atoms with Gasteiger partial charge in [0.05, 0.1) is 0 Å². The molecule has 1 unspecified atom stereocenters. The summed E-state index contributed by atoms with van der Waals surface area (Å²) in [5.74, 6) is -0.309. The van der Waals surface area contributed by atoms with Crippen molar-refractivity contribution in [3.8, 4) is 0 Å². The lowest BCUT2D eigenvalue weighted by molar-refractivity contribution is -0.126. The zero-order valence-corrected chi connectivity index (χ0v) is 8.86. The molecule has 3 amide bonds. The molecule has 0 radical (unpaired) electrons. The molecule has 0 saturated carbocycles. The lowest BCUT2D eigenvalue weighted by Gasteiger charge is -2.21. The van der Waals surface area contributed by atoms with Crippen LogP contribution in [-0.4, -0.2) is 42.8 Å². The highest BCUT2D eigenvalue weighted by Crippen LogP contribution is 2.09. The van der Waals surface area contributed by atoms with Gasteiger partial charge < -0.3 is 15.8 Å². The molecule has 1 heterocycles. The van der Waals surface area contributed by atoms with Gasteiger partial charge in [0.25, 0.3) is 0 Å². The summed E-state index contributed by atoms with van der Waals surface area (Å²) in [6.45, 7) is 2.49. The second-order valence-electron chi connectivity index (χ2n) is 3.41. The number of imide groups is 1. The monoisotopic (exact) mass is 215 g/mol. The van der Waals surface area contributed by atoms with Gasteiger partial charge in [-0.3, -0.25) is 9.69 Å². The minimum Gasteiger partial charge on any atom is -0.358 e. The number of carbonyl (C=O) groups is 2. The molecular formula is C9H17N3O3. The van der Waals surface area contributed by atoms with Crippen LogP contribution in [0.15, 0.2) is 0 Å². The number of nitrogens with zero attached hydrogens (tertiary/aromatic N) is 1. The molecule has 0 aromatic carbocycles. The van der Waals surface area contributed by atoms with Crippen LogP contribution in [0.3, 0.4) is 0 Å². The summed E-state index contributed by atoms with van der Waals surface area (Å²) in [6.07, 6.45) is 1.46. The van der Waals surface area contributed by atoms with Gasteiger partial charge in [0, 0.05) is 26.6 Å². The van der Waals surface area contributed by atoms with E-state index in [1.165, 1.54) is 6.92 Å². The molecule has 1 fully saturated rings. The van der Waals surface area contributed by atoms with Crippen LogP contribution < -0.4 is 11.1 Å². The highest BCUT2D eigenvalue weighted by atomic mass is 16.5. The molecule has 86 valence electrons. The molecule has 0 spiro atoms. The van der Waals surface area contributed by atoms with E-state index in [9.17, 15) is 9.59 Å². The van der Waals surface area contributed by atoms with E-state index >= 15 is 0 Å². The maximum Gasteiger partial charge on any atom is 0.326 e. The average Bonchev–Trinajstić information content (AvgIpc) is 2.65. The Morgan fingerprint density at radius 2 is 2.33 bits per heavy atom. The number of hydrogen-bond acceptors (Lipinski definition) is 4. The Hall–Kier alpha value is -1.14. The number of ether oxygens (including phenoxy) is 1. The van der Waals surface area contributed by atoms with Crippen LogP contribution in [0.5, 0.6) is 0 Å². The first-order valence-corrected chi connectivity index (χ1v) is 5.05. The predicted molar refractivity (Wildman–Crippen MR) is 53.9 cm³/mol. The van der Waals surface area contributed by atoms with Gasteiger partial charge in [-0.15, -0.1) is 0 Å². The van der Waals surface area contributed by atoms with Crippen LogP contribution in [0.2, 0.25) is 0 Å². The molecule has 0 bridgehead atoms. The second-order valence-corrected chi connectivity index (χ2v) is 3.41. The first-order valence-electron chi connectivity index (χ1n) is 5.05. The Kier molecular flexibility index (Phi) is 4.51. The Morgan fingerprint density at radius 1 is 1.60 bits per heavy atom. The highest BCUT2D eigenvalue weighted by molar-refractivity contribution is 5.93. The number of carbonyl (C=O) groups excluding carboxylic acids is 2. The minimum absolute atomic E-state index is 0.230. The Morgan fingerprint density at radius 3 is 2.80 bits per heavy atom. The first kappa shape index (κ1) is 11.9. The maximum absolute atomic E-state index is 11.6. The van der Waals surface area contributed by atoms with Gasteiger partial charge in [0.2, 0.25) is 5.91 Å². The van der Waals surface area contributed by atoms with E-state index in [2.05, 4.69) is 5.32 Å². The third-order valence-corrected chi connectivity index (χ3v) is 2.19. The summed E-state index contributed by atoms with van der Waals surface area (Å²) in [5.41, 5.74) is 5.31. The van der Waals surface area contributed by atoms with Gasteiger partial charge in [0.15, 0.2) is 0 Å². The van der Waals surface area contributed by atoms with Gasteiger partial charge in [-0.1, -0.05) is 0 Å². The van der Waals surface area contributed by atoms with Crippen molar-refractivity contribution in [2.75, 3.05) is 19.7 Å². The number of nitrogens with two attached hydrogens (primary N) is 1. The van der Waals surface area contributed by atoms with E-state index in [4.69, 9.17) is 10.5 Å². The van der Waals surface area contributed by atoms with Crippen LogP contribution in [0.1, 0.15) is 19.8 Å². The topological polar surface area (TPSA) is 84.7 Å². The molecular weight excluding hydrogens is 198 g/mol. The molecule has 3 N–H and O–H groups in total. The van der Waals surface area contributed by atoms with Crippen LogP contribution >= 0.6 is 0 Å². The Labute approximate surface area is 88.7 Å². The normalized spacial score (nSPS) is 20.0. The third-order valence-electron chi connectivity index (χ3n) is 2.19. The fraction of sp³-hybridized carbons (Fsp3) is 0.778. The van der Waals surface area contributed by atoms with Crippen LogP contribution in [0.25, 0.3) is 0 Å². The Bertz CT molecular complexity index is 239. The fourth-order valence-corrected chi connectivity index (χ4v) is 1.44. The quantitative estimate of drug-likeness (QED) is 0.673. The molecule has 0 aromatic heterocycles. The molecule has 1 saturated heterocycles. The molecule has 1 rings (SSSR count). The van der Waals surface area contributed by atoms with E-state index in [0.29, 0.717) is 6.61 Å². The van der Waals surface area contributed by atoms with Gasteiger partial charge in [0.1, 0.15) is 6.23 Å². The van der Waals surface area contributed by atoms with Crippen molar-refractivity contribution in [2.24, 2.45) is 5.73 Å². The van der Waals surface area contributed by atoms with Crippen molar-refractivity contribution >= 4 is 11.9 Å². The van der Waals surface area contributed by atoms with E-state index < -0.39 is 6.03 Å². The zero-order chi connectivity index (χ0) is 11.3. The molecule has 1 atom stereocenters. The fourth-order valence-electron chi connectivity index (χ4n) is 1.44. The summed E-state index contributed by atoms with van der Waals surface area (Å²) in [6, 6.07) is -0.431. The van der Waals surface area contributed by atoms with E-state index in [1.807, 2.05) is 0 Å².